The van der Waals surface area contributed by atoms with Crippen LogP contribution < -0.4 is 15.7 Å². The smallest absolute Gasteiger partial charge is 0.360 e. The molecule has 0 unspecified atom stereocenters. The summed E-state index contributed by atoms with van der Waals surface area (Å²) in [6, 6.07) is 31.0. The number of carbonyl (C=O) groups is 1. The monoisotopic (exact) mass is 475 g/mol. The number of hydrogen-bond donors (Lipinski definition) is 1. The van der Waals surface area contributed by atoms with E-state index in [1.807, 2.05) is 66.7 Å². The van der Waals surface area contributed by atoms with Crippen LogP contribution in [-0.4, -0.2) is 23.2 Å². The molecule has 36 heavy (non-hydrogen) atoms. The molecule has 0 aliphatic rings. The first kappa shape index (κ1) is 22.7. The van der Waals surface area contributed by atoms with Crippen LogP contribution in [0.2, 0.25) is 0 Å². The zero-order valence-corrected chi connectivity index (χ0v) is 19.3. The molecule has 0 spiro atoms. The number of rotatable bonds is 6. The van der Waals surface area contributed by atoms with Gasteiger partial charge in [0.15, 0.2) is 0 Å². The van der Waals surface area contributed by atoms with Crippen LogP contribution in [0.1, 0.15) is 10.4 Å². The number of nitrogens with zero attached hydrogens (tertiary/aromatic N) is 2. The molecule has 7 nitrogen and oxygen atoms in total. The highest BCUT2D eigenvalue weighted by Crippen LogP contribution is 2.42. The maximum atomic E-state index is 12.9. The predicted molar refractivity (Wildman–Crippen MR) is 138 cm³/mol. The molecule has 0 atom stereocenters. The molecule has 2 heterocycles. The summed E-state index contributed by atoms with van der Waals surface area (Å²) in [5.74, 6) is 0.0356. The molecular weight excluding hydrogens is 454 g/mol. The first-order chi connectivity index (χ1) is 17.7. The number of carbonyl (C=O) groups excluding carboxylic acids is 1. The summed E-state index contributed by atoms with van der Waals surface area (Å²) < 4.78 is 11.2. The molecule has 0 bridgehead atoms. The van der Waals surface area contributed by atoms with Crippen LogP contribution in [0.5, 0.6) is 5.88 Å². The summed E-state index contributed by atoms with van der Waals surface area (Å²) in [6.07, 6.45) is 0. The van der Waals surface area contributed by atoms with E-state index in [0.717, 1.165) is 11.1 Å². The summed E-state index contributed by atoms with van der Waals surface area (Å²) in [6.45, 7) is 0. The molecule has 3 aromatic carbocycles. The SMILES string of the molecule is COc1nnc(-c2ccccc2)c(-c2ccccc2)c1-c1ccc(NC(=O)c2ccccc2)c(=O)o1. The topological polar surface area (TPSA) is 94.3 Å². The molecule has 176 valence electrons. The van der Waals surface area contributed by atoms with Gasteiger partial charge < -0.3 is 14.5 Å². The van der Waals surface area contributed by atoms with Crippen molar-refractivity contribution in [2.75, 3.05) is 12.4 Å². The number of aromatic nitrogens is 2. The molecule has 0 aliphatic heterocycles. The van der Waals surface area contributed by atoms with E-state index in [4.69, 9.17) is 9.15 Å². The third-order valence-electron chi connectivity index (χ3n) is 5.60. The lowest BCUT2D eigenvalue weighted by atomic mass is 9.94. The maximum absolute atomic E-state index is 12.9. The molecule has 0 radical (unpaired) electrons. The van der Waals surface area contributed by atoms with Crippen LogP contribution in [0.25, 0.3) is 33.7 Å². The molecular formula is C29H21N3O4. The quantitative estimate of drug-likeness (QED) is 0.339. The first-order valence-corrected chi connectivity index (χ1v) is 11.2. The standard InChI is InChI=1S/C29H21N3O4/c1-35-28-25(23-18-17-22(29(34)36-23)30-27(33)21-15-9-4-10-16-21)24(19-11-5-2-6-12-19)26(31-32-28)20-13-7-3-8-14-20/h2-18H,1H3,(H,30,33). The fourth-order valence-corrected chi connectivity index (χ4v) is 3.90. The van der Waals surface area contributed by atoms with Gasteiger partial charge in [0, 0.05) is 16.7 Å². The Hall–Kier alpha value is -5.04. The van der Waals surface area contributed by atoms with Crippen molar-refractivity contribution in [3.05, 3.63) is 119 Å². The normalized spacial score (nSPS) is 10.6. The zero-order valence-electron chi connectivity index (χ0n) is 19.3. The van der Waals surface area contributed by atoms with E-state index in [-0.39, 0.29) is 17.3 Å². The maximum Gasteiger partial charge on any atom is 0.360 e. The number of hydrogen-bond acceptors (Lipinski definition) is 6. The molecule has 0 aliphatic carbocycles. The molecule has 1 amide bonds. The molecule has 0 saturated carbocycles. The second-order valence-electron chi connectivity index (χ2n) is 7.86. The van der Waals surface area contributed by atoms with Gasteiger partial charge in [0.1, 0.15) is 17.1 Å². The van der Waals surface area contributed by atoms with Crippen LogP contribution in [0.15, 0.2) is 112 Å². The number of ether oxygens (including phenoxy) is 1. The summed E-state index contributed by atoms with van der Waals surface area (Å²) in [7, 11) is 1.48. The van der Waals surface area contributed by atoms with Gasteiger partial charge >= 0.3 is 5.63 Å². The Balaban J connectivity index is 1.65. The Kier molecular flexibility index (Phi) is 6.36. The lowest BCUT2D eigenvalue weighted by Crippen LogP contribution is -2.17. The lowest BCUT2D eigenvalue weighted by Gasteiger charge is -2.16. The first-order valence-electron chi connectivity index (χ1n) is 11.2. The molecule has 2 aromatic heterocycles. The van der Waals surface area contributed by atoms with Gasteiger partial charge in [-0.3, -0.25) is 4.79 Å². The highest BCUT2D eigenvalue weighted by Gasteiger charge is 2.24. The third kappa shape index (κ3) is 4.50. The van der Waals surface area contributed by atoms with Gasteiger partial charge in [-0.2, -0.15) is 0 Å². The average molecular weight is 476 g/mol. The Morgan fingerprint density at radius 1 is 0.750 bits per heavy atom. The Morgan fingerprint density at radius 2 is 1.36 bits per heavy atom. The van der Waals surface area contributed by atoms with Crippen LogP contribution in [-0.2, 0) is 0 Å². The van der Waals surface area contributed by atoms with Crippen molar-refractivity contribution >= 4 is 11.6 Å². The highest BCUT2D eigenvalue weighted by atomic mass is 16.5. The number of anilines is 1. The van der Waals surface area contributed by atoms with E-state index in [0.29, 0.717) is 22.4 Å². The predicted octanol–water partition coefficient (Wildman–Crippen LogP) is 5.69. The van der Waals surface area contributed by atoms with Crippen LogP contribution in [0.4, 0.5) is 5.69 Å². The van der Waals surface area contributed by atoms with Gasteiger partial charge in [0.05, 0.1) is 12.7 Å². The number of amides is 1. The van der Waals surface area contributed by atoms with Gasteiger partial charge in [-0.1, -0.05) is 78.9 Å². The van der Waals surface area contributed by atoms with Gasteiger partial charge in [0.2, 0.25) is 5.88 Å². The number of benzene rings is 3. The van der Waals surface area contributed by atoms with Crippen LogP contribution >= 0.6 is 0 Å². The highest BCUT2D eigenvalue weighted by molar-refractivity contribution is 6.04. The van der Waals surface area contributed by atoms with Crippen molar-refractivity contribution in [3.63, 3.8) is 0 Å². The Bertz CT molecular complexity index is 1570. The number of methoxy groups -OCH3 is 1. The molecule has 1 N–H and O–H groups in total. The minimum Gasteiger partial charge on any atom is -0.479 e. The molecule has 0 fully saturated rings. The third-order valence-corrected chi connectivity index (χ3v) is 5.60. The van der Waals surface area contributed by atoms with Gasteiger partial charge in [0.25, 0.3) is 5.91 Å². The summed E-state index contributed by atoms with van der Waals surface area (Å²) in [5.41, 5.74) is 3.26. The van der Waals surface area contributed by atoms with E-state index < -0.39 is 11.5 Å². The van der Waals surface area contributed by atoms with Crippen molar-refractivity contribution < 1.29 is 13.9 Å². The summed E-state index contributed by atoms with van der Waals surface area (Å²) >= 11 is 0. The minimum absolute atomic E-state index is 0.0260. The second kappa shape index (κ2) is 10.1. The van der Waals surface area contributed by atoms with Crippen molar-refractivity contribution in [2.45, 2.75) is 0 Å². The lowest BCUT2D eigenvalue weighted by molar-refractivity contribution is 0.102. The number of nitrogens with one attached hydrogen (secondary N) is 1. The Morgan fingerprint density at radius 3 is 1.97 bits per heavy atom. The molecule has 5 aromatic rings. The van der Waals surface area contributed by atoms with Crippen molar-refractivity contribution in [1.82, 2.24) is 10.2 Å². The summed E-state index contributed by atoms with van der Waals surface area (Å²) in [4.78, 5) is 25.5. The van der Waals surface area contributed by atoms with Crippen LogP contribution in [0.3, 0.4) is 0 Å². The van der Waals surface area contributed by atoms with Crippen molar-refractivity contribution in [2.24, 2.45) is 0 Å². The minimum atomic E-state index is -0.698. The van der Waals surface area contributed by atoms with Gasteiger partial charge in [-0.05, 0) is 29.8 Å². The van der Waals surface area contributed by atoms with Gasteiger partial charge in [-0.15, -0.1) is 10.2 Å². The Labute approximate surface area is 207 Å². The van der Waals surface area contributed by atoms with Gasteiger partial charge in [-0.25, -0.2) is 4.79 Å². The zero-order chi connectivity index (χ0) is 24.9. The van der Waals surface area contributed by atoms with E-state index >= 15 is 0 Å². The molecule has 0 saturated heterocycles. The average Bonchev–Trinajstić information content (AvgIpc) is 2.94. The fourth-order valence-electron chi connectivity index (χ4n) is 3.90. The van der Waals surface area contributed by atoms with Crippen molar-refractivity contribution in [1.29, 1.82) is 0 Å². The molecule has 7 heteroatoms. The largest absolute Gasteiger partial charge is 0.479 e. The summed E-state index contributed by atoms with van der Waals surface area (Å²) in [5, 5.41) is 11.3. The van der Waals surface area contributed by atoms with E-state index in [1.54, 1.807) is 30.3 Å². The van der Waals surface area contributed by atoms with E-state index in [9.17, 15) is 9.59 Å². The molecule has 5 rings (SSSR count). The second-order valence-corrected chi connectivity index (χ2v) is 7.86. The van der Waals surface area contributed by atoms with E-state index in [2.05, 4.69) is 15.5 Å². The van der Waals surface area contributed by atoms with Crippen LogP contribution in [0, 0.1) is 0 Å². The van der Waals surface area contributed by atoms with E-state index in [1.165, 1.54) is 13.2 Å². The fraction of sp³-hybridized carbons (Fsp3) is 0.0345. The van der Waals surface area contributed by atoms with Crippen molar-refractivity contribution in [3.8, 4) is 39.6 Å².